The van der Waals surface area contributed by atoms with Crippen molar-refractivity contribution in [3.05, 3.63) is 65.2 Å². The van der Waals surface area contributed by atoms with Crippen LogP contribution >= 0.6 is 0 Å². The Hall–Kier alpha value is -3.57. The molecular formula is C28H31F2N3O6. The van der Waals surface area contributed by atoms with Crippen LogP contribution in [0.2, 0.25) is 0 Å². The largest absolute Gasteiger partial charge is 0.497 e. The average Bonchev–Trinajstić information content (AvgIpc) is 3.60. The normalized spacial score (nSPS) is 22.2. The van der Waals surface area contributed by atoms with Gasteiger partial charge in [-0.05, 0) is 49.2 Å². The van der Waals surface area contributed by atoms with Gasteiger partial charge in [0, 0.05) is 50.7 Å². The molecule has 0 unspecified atom stereocenters. The van der Waals surface area contributed by atoms with E-state index in [2.05, 4.69) is 5.32 Å². The number of nitrogens with one attached hydrogen (secondary N) is 1. The first-order valence-corrected chi connectivity index (χ1v) is 13.1. The van der Waals surface area contributed by atoms with Gasteiger partial charge in [-0.3, -0.25) is 19.3 Å². The van der Waals surface area contributed by atoms with Gasteiger partial charge in [0.05, 0.1) is 25.4 Å². The van der Waals surface area contributed by atoms with E-state index in [1.165, 1.54) is 16.9 Å². The second-order valence-electron chi connectivity index (χ2n) is 9.97. The molecule has 11 heteroatoms. The summed E-state index contributed by atoms with van der Waals surface area (Å²) in [6, 6.07) is 8.55. The van der Waals surface area contributed by atoms with Gasteiger partial charge >= 0.3 is 0 Å². The SMILES string of the molecule is COc1ccc(C(=O)N2[C@@H](C(=O)NC[C@H]3CCCO3)COC23CCN(C(=O)c2ccc(F)cc2F)CC3)cc1. The van der Waals surface area contributed by atoms with E-state index in [1.54, 1.807) is 24.3 Å². The number of piperidine rings is 1. The van der Waals surface area contributed by atoms with Crippen LogP contribution in [-0.4, -0.2) is 85.3 Å². The second-order valence-corrected chi connectivity index (χ2v) is 9.97. The lowest BCUT2D eigenvalue weighted by Crippen LogP contribution is -2.60. The standard InChI is InChI=1S/C28H31F2N3O6/c1-37-20-7-4-18(5-8-20)26(35)33-24(25(34)31-16-21-3-2-14-38-21)17-39-28(33)10-12-32(13-11-28)27(36)22-9-6-19(29)15-23(22)30/h4-9,15,21,24H,2-3,10-14,16-17H2,1H3,(H,31,34)/t21-,24-/m1/s1. The smallest absolute Gasteiger partial charge is 0.256 e. The minimum Gasteiger partial charge on any atom is -0.497 e. The molecule has 3 amide bonds. The van der Waals surface area contributed by atoms with E-state index in [0.29, 0.717) is 30.5 Å². The number of rotatable bonds is 6. The predicted octanol–water partition coefficient (Wildman–Crippen LogP) is 2.74. The Morgan fingerprint density at radius 1 is 1.08 bits per heavy atom. The minimum atomic E-state index is -1.12. The van der Waals surface area contributed by atoms with E-state index in [4.69, 9.17) is 14.2 Å². The summed E-state index contributed by atoms with van der Waals surface area (Å²) in [4.78, 5) is 43.0. The number of carbonyl (C=O) groups excluding carboxylic acids is 3. The van der Waals surface area contributed by atoms with Crippen LogP contribution in [0.1, 0.15) is 46.4 Å². The Balaban J connectivity index is 1.35. The van der Waals surface area contributed by atoms with E-state index < -0.39 is 29.3 Å². The Morgan fingerprint density at radius 2 is 1.82 bits per heavy atom. The van der Waals surface area contributed by atoms with Gasteiger partial charge in [-0.2, -0.15) is 0 Å². The fourth-order valence-corrected chi connectivity index (χ4v) is 5.47. The van der Waals surface area contributed by atoms with Crippen molar-refractivity contribution >= 4 is 17.7 Å². The molecule has 0 radical (unpaired) electrons. The number of methoxy groups -OCH3 is 1. The quantitative estimate of drug-likeness (QED) is 0.602. The Morgan fingerprint density at radius 3 is 2.46 bits per heavy atom. The van der Waals surface area contributed by atoms with Crippen LogP contribution < -0.4 is 10.1 Å². The van der Waals surface area contributed by atoms with Crippen molar-refractivity contribution < 1.29 is 37.4 Å². The van der Waals surface area contributed by atoms with Crippen LogP contribution in [0.4, 0.5) is 8.78 Å². The molecule has 0 aliphatic carbocycles. The van der Waals surface area contributed by atoms with E-state index in [-0.39, 0.29) is 56.0 Å². The topological polar surface area (TPSA) is 97.4 Å². The summed E-state index contributed by atoms with van der Waals surface area (Å²) in [5, 5.41) is 2.91. The highest BCUT2D eigenvalue weighted by Gasteiger charge is 2.54. The molecule has 2 aromatic rings. The highest BCUT2D eigenvalue weighted by atomic mass is 19.1. The molecule has 208 valence electrons. The maximum atomic E-state index is 14.3. The summed E-state index contributed by atoms with van der Waals surface area (Å²) in [6.45, 7) is 1.33. The monoisotopic (exact) mass is 543 g/mol. The van der Waals surface area contributed by atoms with Gasteiger partial charge < -0.3 is 24.4 Å². The van der Waals surface area contributed by atoms with Crippen LogP contribution in [0.15, 0.2) is 42.5 Å². The zero-order chi connectivity index (χ0) is 27.6. The molecule has 5 rings (SSSR count). The molecule has 3 heterocycles. The summed E-state index contributed by atoms with van der Waals surface area (Å²) in [6.07, 6.45) is 2.18. The van der Waals surface area contributed by atoms with Crippen LogP contribution in [0, 0.1) is 11.6 Å². The Labute approximate surface area is 225 Å². The second kappa shape index (κ2) is 11.3. The van der Waals surface area contributed by atoms with E-state index >= 15 is 0 Å². The molecular weight excluding hydrogens is 512 g/mol. The summed E-state index contributed by atoms with van der Waals surface area (Å²) in [5.41, 5.74) is -0.984. The van der Waals surface area contributed by atoms with Gasteiger partial charge in [-0.25, -0.2) is 8.78 Å². The van der Waals surface area contributed by atoms with E-state index in [9.17, 15) is 23.2 Å². The lowest BCUT2D eigenvalue weighted by molar-refractivity contribution is -0.128. The highest BCUT2D eigenvalue weighted by molar-refractivity contribution is 5.99. The molecule has 0 aromatic heterocycles. The number of nitrogens with zero attached hydrogens (tertiary/aromatic N) is 2. The van der Waals surface area contributed by atoms with Gasteiger partial charge in [0.15, 0.2) is 0 Å². The fraction of sp³-hybridized carbons (Fsp3) is 0.464. The minimum absolute atomic E-state index is 0.000210. The molecule has 3 fully saturated rings. The van der Waals surface area contributed by atoms with E-state index in [0.717, 1.165) is 25.0 Å². The average molecular weight is 544 g/mol. The Bertz CT molecular complexity index is 1230. The van der Waals surface area contributed by atoms with E-state index in [1.807, 2.05) is 0 Å². The van der Waals surface area contributed by atoms with Gasteiger partial charge in [0.2, 0.25) is 5.91 Å². The third kappa shape index (κ3) is 5.46. The van der Waals surface area contributed by atoms with Crippen molar-refractivity contribution in [2.45, 2.75) is 43.6 Å². The predicted molar refractivity (Wildman–Crippen MR) is 135 cm³/mol. The molecule has 3 aliphatic heterocycles. The van der Waals surface area contributed by atoms with Crippen LogP contribution in [-0.2, 0) is 14.3 Å². The molecule has 1 N–H and O–H groups in total. The number of hydrogen-bond donors (Lipinski definition) is 1. The first-order chi connectivity index (χ1) is 18.8. The summed E-state index contributed by atoms with van der Waals surface area (Å²) >= 11 is 0. The molecule has 1 spiro atoms. The first kappa shape index (κ1) is 27.0. The first-order valence-electron chi connectivity index (χ1n) is 13.1. The van der Waals surface area contributed by atoms with Crippen LogP contribution in [0.5, 0.6) is 5.75 Å². The maximum absolute atomic E-state index is 14.3. The number of ether oxygens (including phenoxy) is 3. The lowest BCUT2D eigenvalue weighted by atomic mass is 9.96. The summed E-state index contributed by atoms with van der Waals surface area (Å²) in [5.74, 6) is -2.40. The molecule has 9 nitrogen and oxygen atoms in total. The molecule has 2 aromatic carbocycles. The lowest BCUT2D eigenvalue weighted by Gasteiger charge is -2.44. The fourth-order valence-electron chi connectivity index (χ4n) is 5.47. The highest BCUT2D eigenvalue weighted by Crippen LogP contribution is 2.39. The van der Waals surface area contributed by atoms with Crippen molar-refractivity contribution in [2.24, 2.45) is 0 Å². The third-order valence-corrected chi connectivity index (χ3v) is 7.64. The number of halogens is 2. The van der Waals surface area contributed by atoms with Crippen molar-refractivity contribution in [2.75, 3.05) is 40.0 Å². The third-order valence-electron chi connectivity index (χ3n) is 7.64. The molecule has 2 atom stereocenters. The summed E-state index contributed by atoms with van der Waals surface area (Å²) in [7, 11) is 1.53. The maximum Gasteiger partial charge on any atom is 0.256 e. The van der Waals surface area contributed by atoms with Gasteiger partial charge in [-0.1, -0.05) is 0 Å². The van der Waals surface area contributed by atoms with Crippen molar-refractivity contribution in [3.63, 3.8) is 0 Å². The number of hydrogen-bond acceptors (Lipinski definition) is 6. The number of amides is 3. The van der Waals surface area contributed by atoms with Crippen molar-refractivity contribution in [1.29, 1.82) is 0 Å². The molecule has 0 saturated carbocycles. The zero-order valence-corrected chi connectivity index (χ0v) is 21.7. The molecule has 3 saturated heterocycles. The van der Waals surface area contributed by atoms with Crippen LogP contribution in [0.3, 0.4) is 0 Å². The zero-order valence-electron chi connectivity index (χ0n) is 21.7. The number of carbonyl (C=O) groups is 3. The molecule has 0 bridgehead atoms. The van der Waals surface area contributed by atoms with Crippen molar-refractivity contribution in [1.82, 2.24) is 15.1 Å². The van der Waals surface area contributed by atoms with Gasteiger partial charge in [0.25, 0.3) is 11.8 Å². The van der Waals surface area contributed by atoms with Crippen molar-refractivity contribution in [3.8, 4) is 5.75 Å². The van der Waals surface area contributed by atoms with Crippen LogP contribution in [0.25, 0.3) is 0 Å². The number of likely N-dealkylation sites (tertiary alicyclic amines) is 1. The Kier molecular flexibility index (Phi) is 7.81. The van der Waals surface area contributed by atoms with Gasteiger partial charge in [0.1, 0.15) is 29.2 Å². The van der Waals surface area contributed by atoms with Gasteiger partial charge in [-0.15, -0.1) is 0 Å². The molecule has 39 heavy (non-hydrogen) atoms. The summed E-state index contributed by atoms with van der Waals surface area (Å²) < 4.78 is 44.6. The number of benzene rings is 2. The molecule has 3 aliphatic rings.